The van der Waals surface area contributed by atoms with Crippen LogP contribution in [0.5, 0.6) is 0 Å². The lowest BCUT2D eigenvalue weighted by atomic mass is 9.97. The number of hydrogen-bond acceptors (Lipinski definition) is 8. The first-order valence-electron chi connectivity index (χ1n) is 20.6. The van der Waals surface area contributed by atoms with Crippen LogP contribution in [0.25, 0.3) is 0 Å². The van der Waals surface area contributed by atoms with Crippen LogP contribution in [0.4, 0.5) is 17.6 Å². The normalized spacial score (nSPS) is 26.0. The minimum Gasteiger partial charge on any atom is -0.373 e. The molecule has 0 bridgehead atoms. The summed E-state index contributed by atoms with van der Waals surface area (Å²) < 4.78 is 55.4. The van der Waals surface area contributed by atoms with Crippen LogP contribution in [0.2, 0.25) is 10.0 Å². The summed E-state index contributed by atoms with van der Waals surface area (Å²) in [5.41, 5.74) is -4.93. The summed E-state index contributed by atoms with van der Waals surface area (Å²) >= 11 is 12.7. The highest BCUT2D eigenvalue weighted by Crippen LogP contribution is 2.36. The van der Waals surface area contributed by atoms with Crippen LogP contribution in [-0.4, -0.2) is 142 Å². The SMILES string of the molecule is CC(C)C[C@@H]1NC(=O)[C@@H](N(C)C(=O)[C@@H](NC(=O)[C@@H]2C[C@@H](F)CN2C(=O)[C@](C)(O)C(F)(F)F)C2CC2)CCCCNC(=O)C(C)(C)NC(=O)[C@H](Cc2cc(Cl)ccc2Cl)N(C)C1=O. The van der Waals surface area contributed by atoms with E-state index in [0.29, 0.717) is 34.7 Å². The van der Waals surface area contributed by atoms with Gasteiger partial charge in [-0.05, 0) is 94.9 Å². The number of nitrogens with one attached hydrogen (secondary N) is 4. The Morgan fingerprint density at radius 1 is 1.05 bits per heavy atom. The zero-order valence-corrected chi connectivity index (χ0v) is 37.3. The van der Waals surface area contributed by atoms with Gasteiger partial charge in [-0.3, -0.25) is 33.6 Å². The van der Waals surface area contributed by atoms with E-state index in [4.69, 9.17) is 23.2 Å². The Morgan fingerprint density at radius 2 is 1.69 bits per heavy atom. The monoisotopic (exact) mass is 921 g/mol. The number of halogens is 6. The number of benzene rings is 1. The Morgan fingerprint density at radius 3 is 2.29 bits per heavy atom. The van der Waals surface area contributed by atoms with Crippen molar-refractivity contribution in [1.82, 2.24) is 36.0 Å². The maximum atomic E-state index is 14.6. The third kappa shape index (κ3) is 12.1. The molecule has 346 valence electrons. The predicted octanol–water partition coefficient (Wildman–Crippen LogP) is 3.06. The molecule has 1 aromatic carbocycles. The number of likely N-dealkylation sites (tertiary alicyclic amines) is 1. The van der Waals surface area contributed by atoms with Gasteiger partial charge in [0, 0.05) is 43.5 Å². The minimum atomic E-state index is -5.43. The second kappa shape index (κ2) is 20.1. The Labute approximate surface area is 368 Å². The van der Waals surface area contributed by atoms with Crippen molar-refractivity contribution in [3.05, 3.63) is 33.8 Å². The molecule has 0 spiro atoms. The molecule has 4 rings (SSSR count). The van der Waals surface area contributed by atoms with Crippen LogP contribution in [0.3, 0.4) is 0 Å². The molecule has 0 unspecified atom stereocenters. The summed E-state index contributed by atoms with van der Waals surface area (Å²) in [6.07, 6.45) is -6.52. The molecule has 2 saturated heterocycles. The summed E-state index contributed by atoms with van der Waals surface area (Å²) in [5, 5.41) is 21.4. The highest BCUT2D eigenvalue weighted by molar-refractivity contribution is 6.33. The molecule has 15 nitrogen and oxygen atoms in total. The lowest BCUT2D eigenvalue weighted by Gasteiger charge is -2.36. The van der Waals surface area contributed by atoms with Crippen molar-refractivity contribution < 1.29 is 56.2 Å². The Bertz CT molecular complexity index is 1880. The van der Waals surface area contributed by atoms with Gasteiger partial charge >= 0.3 is 6.18 Å². The number of hydrogen-bond donors (Lipinski definition) is 5. The highest BCUT2D eigenvalue weighted by Gasteiger charge is 2.59. The Hall–Kier alpha value is -4.23. The standard InChI is InChI=1S/C41H57Cl2F4N7O8/c1-21(2)16-27-35(58)53(7)29(18-23-17-24(42)13-14-26(23)43)34(57)51-39(3,4)37(60)48-15-9-8-10-28(32(55)49-27)52(6)36(59)31(22-11-12-22)50-33(56)30-19-25(44)20-54(30)38(61)40(5,62)41(45,46)47/h13-14,17,21-22,25,27-31,62H,8-12,15-16,18-20H2,1-7H3,(H,48,60)(H,49,55)(H,50,56)(H,51,57)/t25-,27+,28+,29+,30+,31+,40+/m1/s1. The van der Waals surface area contributed by atoms with Gasteiger partial charge in [0.05, 0.1) is 6.54 Å². The lowest BCUT2D eigenvalue weighted by molar-refractivity contribution is -0.250. The van der Waals surface area contributed by atoms with E-state index in [9.17, 15) is 56.2 Å². The number of carbonyl (C=O) groups is 7. The van der Waals surface area contributed by atoms with Gasteiger partial charge in [0.2, 0.25) is 41.0 Å². The van der Waals surface area contributed by atoms with E-state index in [2.05, 4.69) is 21.3 Å². The number of nitrogens with zero attached hydrogens (tertiary/aromatic N) is 3. The molecule has 0 radical (unpaired) electrons. The molecule has 3 aliphatic rings. The van der Waals surface area contributed by atoms with Gasteiger partial charge in [-0.1, -0.05) is 37.0 Å². The van der Waals surface area contributed by atoms with E-state index in [-0.39, 0.29) is 50.1 Å². The van der Waals surface area contributed by atoms with E-state index in [1.54, 1.807) is 18.2 Å². The van der Waals surface area contributed by atoms with Crippen molar-refractivity contribution >= 4 is 64.6 Å². The average Bonchev–Trinajstić information content (AvgIpc) is 3.95. The number of alkyl halides is 4. The molecule has 1 saturated carbocycles. The maximum absolute atomic E-state index is 14.6. The van der Waals surface area contributed by atoms with E-state index >= 15 is 0 Å². The van der Waals surface area contributed by atoms with E-state index in [1.807, 2.05) is 13.8 Å². The average molecular weight is 923 g/mol. The number of aliphatic hydroxyl groups is 1. The maximum Gasteiger partial charge on any atom is 0.426 e. The molecule has 7 atom stereocenters. The molecule has 1 aliphatic carbocycles. The van der Waals surface area contributed by atoms with Crippen LogP contribution >= 0.6 is 23.2 Å². The van der Waals surface area contributed by atoms with Gasteiger partial charge in [0.1, 0.15) is 41.9 Å². The van der Waals surface area contributed by atoms with Gasteiger partial charge in [-0.25, -0.2) is 4.39 Å². The van der Waals surface area contributed by atoms with Crippen molar-refractivity contribution in [1.29, 1.82) is 0 Å². The fraction of sp³-hybridized carbons (Fsp3) is 0.683. The molecule has 21 heteroatoms. The smallest absolute Gasteiger partial charge is 0.373 e. The first kappa shape index (κ1) is 50.4. The van der Waals surface area contributed by atoms with Gasteiger partial charge in [-0.15, -0.1) is 0 Å². The predicted molar refractivity (Wildman–Crippen MR) is 220 cm³/mol. The van der Waals surface area contributed by atoms with E-state index < -0.39 is 114 Å². The zero-order valence-electron chi connectivity index (χ0n) is 35.8. The molecular formula is C41H57Cl2F4N7O8. The van der Waals surface area contributed by atoms with Crippen molar-refractivity contribution in [2.75, 3.05) is 27.2 Å². The molecule has 7 amide bonds. The van der Waals surface area contributed by atoms with Crippen LogP contribution in [0.15, 0.2) is 18.2 Å². The fourth-order valence-corrected chi connectivity index (χ4v) is 7.99. The number of amides is 7. The van der Waals surface area contributed by atoms with Gasteiger partial charge in [0.25, 0.3) is 5.91 Å². The van der Waals surface area contributed by atoms with Crippen molar-refractivity contribution in [2.45, 2.75) is 140 Å². The van der Waals surface area contributed by atoms with E-state index in [0.717, 1.165) is 9.80 Å². The Balaban J connectivity index is 1.65. The quantitative estimate of drug-likeness (QED) is 0.221. The van der Waals surface area contributed by atoms with E-state index in [1.165, 1.54) is 27.9 Å². The molecule has 62 heavy (non-hydrogen) atoms. The molecule has 2 heterocycles. The third-order valence-electron chi connectivity index (χ3n) is 11.6. The van der Waals surface area contributed by atoms with Crippen LogP contribution in [0, 0.1) is 11.8 Å². The Kier molecular flexibility index (Phi) is 16.3. The molecule has 0 aromatic heterocycles. The first-order chi connectivity index (χ1) is 28.7. The van der Waals surface area contributed by atoms with Crippen molar-refractivity contribution in [3.8, 4) is 0 Å². The summed E-state index contributed by atoms with van der Waals surface area (Å²) in [7, 11) is 2.70. The van der Waals surface area contributed by atoms with Crippen LogP contribution in [0.1, 0.15) is 85.1 Å². The second-order valence-electron chi connectivity index (χ2n) is 17.6. The number of carbonyl (C=O) groups excluding carboxylic acids is 7. The summed E-state index contributed by atoms with van der Waals surface area (Å²) in [6.45, 7) is 6.09. The van der Waals surface area contributed by atoms with Gasteiger partial charge < -0.3 is 41.1 Å². The lowest BCUT2D eigenvalue weighted by Crippen LogP contribution is -2.62. The molecule has 2 aliphatic heterocycles. The van der Waals surface area contributed by atoms with Gasteiger partial charge in [0.15, 0.2) is 0 Å². The van der Waals surface area contributed by atoms with Crippen molar-refractivity contribution in [3.63, 3.8) is 0 Å². The summed E-state index contributed by atoms with van der Waals surface area (Å²) in [5.74, 6) is -7.06. The first-order valence-corrected chi connectivity index (χ1v) is 21.4. The van der Waals surface area contributed by atoms with Crippen molar-refractivity contribution in [2.24, 2.45) is 11.8 Å². The molecule has 1 aromatic rings. The minimum absolute atomic E-state index is 0.0185. The molecule has 3 fully saturated rings. The molecule has 5 N–H and O–H groups in total. The topological polar surface area (TPSA) is 198 Å². The number of rotatable bonds is 10. The third-order valence-corrected chi connectivity index (χ3v) is 12.2. The summed E-state index contributed by atoms with van der Waals surface area (Å²) in [4.78, 5) is 99.7. The largest absolute Gasteiger partial charge is 0.426 e. The fourth-order valence-electron chi connectivity index (χ4n) is 7.60. The van der Waals surface area contributed by atoms with Crippen LogP contribution in [-0.2, 0) is 40.0 Å². The highest BCUT2D eigenvalue weighted by atomic mass is 35.5. The van der Waals surface area contributed by atoms with Gasteiger partial charge in [-0.2, -0.15) is 13.2 Å². The number of likely N-dealkylation sites (N-methyl/N-ethyl adjacent to an activating group) is 2. The second-order valence-corrected chi connectivity index (χ2v) is 18.5. The summed E-state index contributed by atoms with van der Waals surface area (Å²) in [6, 6.07) is -2.21. The molecular weight excluding hydrogens is 865 g/mol. The van der Waals surface area contributed by atoms with Crippen LogP contribution < -0.4 is 21.3 Å². The zero-order chi connectivity index (χ0) is 46.6.